The second-order valence-corrected chi connectivity index (χ2v) is 4.76. The lowest BCUT2D eigenvalue weighted by Crippen LogP contribution is -2.01. The summed E-state index contributed by atoms with van der Waals surface area (Å²) in [6, 6.07) is 14.8. The van der Waals surface area contributed by atoms with Crippen LogP contribution in [0, 0.1) is 6.92 Å². The van der Waals surface area contributed by atoms with Crippen molar-refractivity contribution in [3.05, 3.63) is 59.9 Å². The van der Waals surface area contributed by atoms with Gasteiger partial charge in [-0.05, 0) is 18.4 Å². The van der Waals surface area contributed by atoms with Crippen LogP contribution >= 0.6 is 0 Å². The Hall–Kier alpha value is -2.29. The highest BCUT2D eigenvalue weighted by Crippen LogP contribution is 2.23. The third kappa shape index (κ3) is 2.19. The lowest BCUT2D eigenvalue weighted by molar-refractivity contribution is 0.738. The van der Waals surface area contributed by atoms with Crippen LogP contribution in [0.15, 0.2) is 48.7 Å². The van der Waals surface area contributed by atoms with Crippen molar-refractivity contribution in [1.82, 2.24) is 9.78 Å². The SMILES string of the molecule is Cc1c(CNc2cccc3ccccc23)cnn1C. The van der Waals surface area contributed by atoms with Crippen LogP contribution < -0.4 is 5.32 Å². The topological polar surface area (TPSA) is 29.9 Å². The van der Waals surface area contributed by atoms with Crippen LogP contribution in [0.2, 0.25) is 0 Å². The summed E-state index contributed by atoms with van der Waals surface area (Å²) in [6.45, 7) is 2.89. The van der Waals surface area contributed by atoms with E-state index in [1.165, 1.54) is 27.7 Å². The number of nitrogens with zero attached hydrogens (tertiary/aromatic N) is 2. The Labute approximate surface area is 112 Å². The van der Waals surface area contributed by atoms with E-state index < -0.39 is 0 Å². The number of fused-ring (bicyclic) bond motifs is 1. The van der Waals surface area contributed by atoms with E-state index in [4.69, 9.17) is 0 Å². The molecule has 3 rings (SSSR count). The standard InChI is InChI=1S/C16H17N3/c1-12-14(11-18-19(12)2)10-17-16-9-5-7-13-6-3-4-8-15(13)16/h3-9,11,17H,10H2,1-2H3. The molecule has 1 aromatic heterocycles. The molecule has 3 heteroatoms. The first-order valence-corrected chi connectivity index (χ1v) is 6.45. The largest absolute Gasteiger partial charge is 0.380 e. The van der Waals surface area contributed by atoms with Crippen molar-refractivity contribution in [3.8, 4) is 0 Å². The maximum atomic E-state index is 4.27. The molecule has 0 amide bonds. The van der Waals surface area contributed by atoms with Gasteiger partial charge in [0.1, 0.15) is 0 Å². The molecule has 2 aromatic carbocycles. The lowest BCUT2D eigenvalue weighted by atomic mass is 10.1. The Kier molecular flexibility index (Phi) is 2.95. The van der Waals surface area contributed by atoms with E-state index in [9.17, 15) is 0 Å². The summed E-state index contributed by atoms with van der Waals surface area (Å²) < 4.78 is 1.90. The Balaban J connectivity index is 1.88. The summed E-state index contributed by atoms with van der Waals surface area (Å²) in [5, 5.41) is 10.3. The number of hydrogen-bond donors (Lipinski definition) is 1. The number of anilines is 1. The minimum Gasteiger partial charge on any atom is -0.380 e. The van der Waals surface area contributed by atoms with Crippen molar-refractivity contribution in [2.75, 3.05) is 5.32 Å². The van der Waals surface area contributed by atoms with Gasteiger partial charge in [-0.25, -0.2) is 0 Å². The van der Waals surface area contributed by atoms with Gasteiger partial charge >= 0.3 is 0 Å². The summed E-state index contributed by atoms with van der Waals surface area (Å²) in [4.78, 5) is 0. The van der Waals surface area contributed by atoms with E-state index in [-0.39, 0.29) is 0 Å². The molecule has 0 atom stereocenters. The Morgan fingerprint density at radius 2 is 1.89 bits per heavy atom. The van der Waals surface area contributed by atoms with Crippen molar-refractivity contribution >= 4 is 16.5 Å². The average molecular weight is 251 g/mol. The monoisotopic (exact) mass is 251 g/mol. The summed E-state index contributed by atoms with van der Waals surface area (Å²) in [5.74, 6) is 0. The molecule has 0 fully saturated rings. The molecule has 1 N–H and O–H groups in total. The number of rotatable bonds is 3. The van der Waals surface area contributed by atoms with E-state index in [0.717, 1.165) is 6.54 Å². The molecular formula is C16H17N3. The molecule has 0 spiro atoms. The van der Waals surface area contributed by atoms with Crippen molar-refractivity contribution in [3.63, 3.8) is 0 Å². The van der Waals surface area contributed by atoms with E-state index in [0.29, 0.717) is 0 Å². The molecular weight excluding hydrogens is 234 g/mol. The molecule has 0 unspecified atom stereocenters. The first-order valence-electron chi connectivity index (χ1n) is 6.45. The maximum absolute atomic E-state index is 4.27. The van der Waals surface area contributed by atoms with Gasteiger partial charge in [0.05, 0.1) is 6.20 Å². The van der Waals surface area contributed by atoms with Crippen molar-refractivity contribution in [2.45, 2.75) is 13.5 Å². The van der Waals surface area contributed by atoms with Crippen molar-refractivity contribution in [2.24, 2.45) is 7.05 Å². The van der Waals surface area contributed by atoms with Gasteiger partial charge in [0.15, 0.2) is 0 Å². The van der Waals surface area contributed by atoms with Crippen molar-refractivity contribution < 1.29 is 0 Å². The molecule has 96 valence electrons. The highest BCUT2D eigenvalue weighted by molar-refractivity contribution is 5.93. The van der Waals surface area contributed by atoms with Crippen LogP contribution in [0.4, 0.5) is 5.69 Å². The summed E-state index contributed by atoms with van der Waals surface area (Å²) in [5.41, 5.74) is 3.60. The fourth-order valence-electron chi connectivity index (χ4n) is 2.29. The number of aryl methyl sites for hydroxylation is 1. The predicted molar refractivity (Wildman–Crippen MR) is 79.2 cm³/mol. The van der Waals surface area contributed by atoms with Crippen LogP contribution in [0.25, 0.3) is 10.8 Å². The maximum Gasteiger partial charge on any atom is 0.0542 e. The Morgan fingerprint density at radius 1 is 1.11 bits per heavy atom. The summed E-state index contributed by atoms with van der Waals surface area (Å²) in [6.07, 6.45) is 1.92. The quantitative estimate of drug-likeness (QED) is 0.772. The zero-order chi connectivity index (χ0) is 13.2. The summed E-state index contributed by atoms with van der Waals surface area (Å²) in [7, 11) is 1.97. The number of hydrogen-bond acceptors (Lipinski definition) is 2. The highest BCUT2D eigenvalue weighted by atomic mass is 15.3. The first kappa shape index (κ1) is 11.8. The van der Waals surface area contributed by atoms with Gasteiger partial charge in [-0.1, -0.05) is 36.4 Å². The fraction of sp³-hybridized carbons (Fsp3) is 0.188. The molecule has 3 nitrogen and oxygen atoms in total. The molecule has 0 aliphatic carbocycles. The molecule has 0 aliphatic heterocycles. The predicted octanol–water partition coefficient (Wildman–Crippen LogP) is 3.49. The molecule has 0 bridgehead atoms. The molecule has 19 heavy (non-hydrogen) atoms. The first-order chi connectivity index (χ1) is 9.25. The van der Waals surface area contributed by atoms with E-state index in [1.807, 2.05) is 17.9 Å². The van der Waals surface area contributed by atoms with Gasteiger partial charge in [-0.2, -0.15) is 5.10 Å². The van der Waals surface area contributed by atoms with E-state index in [2.05, 4.69) is 59.8 Å². The van der Waals surface area contributed by atoms with Gasteiger partial charge in [0.25, 0.3) is 0 Å². The number of nitrogens with one attached hydrogen (secondary N) is 1. The highest BCUT2D eigenvalue weighted by Gasteiger charge is 2.04. The molecule has 0 aliphatic rings. The third-order valence-electron chi connectivity index (χ3n) is 3.60. The summed E-state index contributed by atoms with van der Waals surface area (Å²) >= 11 is 0. The van der Waals surface area contributed by atoms with Gasteiger partial charge in [0, 0.05) is 35.9 Å². The van der Waals surface area contributed by atoms with E-state index >= 15 is 0 Å². The van der Waals surface area contributed by atoms with Gasteiger partial charge in [-0.3, -0.25) is 4.68 Å². The number of aromatic nitrogens is 2. The smallest absolute Gasteiger partial charge is 0.0542 e. The zero-order valence-electron chi connectivity index (χ0n) is 11.2. The Bertz CT molecular complexity index is 708. The second-order valence-electron chi connectivity index (χ2n) is 4.76. The van der Waals surface area contributed by atoms with Gasteiger partial charge in [0.2, 0.25) is 0 Å². The molecule has 3 aromatic rings. The Morgan fingerprint density at radius 3 is 2.68 bits per heavy atom. The lowest BCUT2D eigenvalue weighted by Gasteiger charge is -2.09. The zero-order valence-corrected chi connectivity index (χ0v) is 11.2. The number of benzene rings is 2. The van der Waals surface area contributed by atoms with Crippen LogP contribution in [-0.4, -0.2) is 9.78 Å². The normalized spacial score (nSPS) is 10.8. The van der Waals surface area contributed by atoms with Crippen molar-refractivity contribution in [1.29, 1.82) is 0 Å². The average Bonchev–Trinajstić information content (AvgIpc) is 2.76. The van der Waals surface area contributed by atoms with Gasteiger partial charge in [-0.15, -0.1) is 0 Å². The van der Waals surface area contributed by atoms with Crippen LogP contribution in [0.1, 0.15) is 11.3 Å². The fourth-order valence-corrected chi connectivity index (χ4v) is 2.29. The minimum atomic E-state index is 0.799. The minimum absolute atomic E-state index is 0.799. The van der Waals surface area contributed by atoms with E-state index in [1.54, 1.807) is 0 Å². The molecule has 0 saturated carbocycles. The molecule has 0 saturated heterocycles. The van der Waals surface area contributed by atoms with Gasteiger partial charge < -0.3 is 5.32 Å². The van der Waals surface area contributed by atoms with Crippen LogP contribution in [-0.2, 0) is 13.6 Å². The molecule has 0 radical (unpaired) electrons. The van der Waals surface area contributed by atoms with Crippen LogP contribution in [0.3, 0.4) is 0 Å². The second kappa shape index (κ2) is 4.76. The van der Waals surface area contributed by atoms with Crippen LogP contribution in [0.5, 0.6) is 0 Å². The third-order valence-corrected chi connectivity index (χ3v) is 3.60. The molecule has 1 heterocycles.